The van der Waals surface area contributed by atoms with Crippen LogP contribution < -0.4 is 0 Å². The van der Waals surface area contributed by atoms with Crippen molar-refractivity contribution < 1.29 is 22.7 Å². The van der Waals surface area contributed by atoms with Gasteiger partial charge in [0.05, 0.1) is 6.61 Å². The van der Waals surface area contributed by atoms with Gasteiger partial charge in [0, 0.05) is 5.92 Å². The maximum atomic E-state index is 11.9. The monoisotopic (exact) mass is 244 g/mol. The van der Waals surface area contributed by atoms with E-state index in [9.17, 15) is 18.0 Å². The molecule has 1 aromatic rings. The Morgan fingerprint density at radius 2 is 1.94 bits per heavy atom. The van der Waals surface area contributed by atoms with Crippen molar-refractivity contribution in [3.05, 3.63) is 35.9 Å². The van der Waals surface area contributed by atoms with Crippen molar-refractivity contribution in [1.82, 2.24) is 0 Å². The van der Waals surface area contributed by atoms with E-state index in [4.69, 9.17) is 0 Å². The zero-order valence-corrected chi connectivity index (χ0v) is 8.91. The van der Waals surface area contributed by atoms with Crippen molar-refractivity contribution >= 4 is 5.97 Å². The fourth-order valence-corrected chi connectivity index (χ4v) is 1.80. The number of benzene rings is 1. The lowest BCUT2D eigenvalue weighted by Crippen LogP contribution is -2.26. The van der Waals surface area contributed by atoms with Gasteiger partial charge in [0.25, 0.3) is 0 Å². The van der Waals surface area contributed by atoms with Crippen LogP contribution in [-0.2, 0) is 9.53 Å². The number of ether oxygens (including phenoxy) is 1. The molecule has 0 aliphatic heterocycles. The van der Waals surface area contributed by atoms with E-state index in [1.165, 1.54) is 0 Å². The van der Waals surface area contributed by atoms with Gasteiger partial charge in [-0.25, -0.2) is 4.79 Å². The van der Waals surface area contributed by atoms with Gasteiger partial charge in [-0.1, -0.05) is 30.3 Å². The molecule has 2 nitrogen and oxygen atoms in total. The number of esters is 1. The molecule has 1 aliphatic carbocycles. The third-order valence-corrected chi connectivity index (χ3v) is 2.81. The molecule has 0 bridgehead atoms. The number of carbonyl (C=O) groups excluding carboxylic acids is 1. The van der Waals surface area contributed by atoms with Gasteiger partial charge in [-0.3, -0.25) is 0 Å². The second-order valence-corrected chi connectivity index (χ2v) is 4.11. The lowest BCUT2D eigenvalue weighted by Gasteiger charge is -2.06. The van der Waals surface area contributed by atoms with E-state index >= 15 is 0 Å². The maximum Gasteiger partial charge on any atom is 0.490 e. The van der Waals surface area contributed by atoms with Crippen molar-refractivity contribution in [2.24, 2.45) is 5.92 Å². The van der Waals surface area contributed by atoms with E-state index in [1.54, 1.807) is 0 Å². The summed E-state index contributed by atoms with van der Waals surface area (Å²) in [5.41, 5.74) is 1.08. The number of carbonyl (C=O) groups is 1. The molecular formula is C12H11F3O2. The molecule has 0 spiro atoms. The van der Waals surface area contributed by atoms with Gasteiger partial charge < -0.3 is 4.74 Å². The zero-order valence-electron chi connectivity index (χ0n) is 8.91. The van der Waals surface area contributed by atoms with Gasteiger partial charge in [0.2, 0.25) is 0 Å². The van der Waals surface area contributed by atoms with Crippen molar-refractivity contribution in [3.63, 3.8) is 0 Å². The third kappa shape index (κ3) is 2.99. The van der Waals surface area contributed by atoms with Crippen LogP contribution >= 0.6 is 0 Å². The predicted molar refractivity (Wildman–Crippen MR) is 54.3 cm³/mol. The second kappa shape index (κ2) is 4.39. The fraction of sp³-hybridized carbons (Fsp3) is 0.417. The number of rotatable bonds is 3. The van der Waals surface area contributed by atoms with E-state index in [2.05, 4.69) is 4.74 Å². The molecule has 2 rings (SSSR count). The molecule has 0 aromatic heterocycles. The Morgan fingerprint density at radius 3 is 2.53 bits per heavy atom. The third-order valence-electron chi connectivity index (χ3n) is 2.81. The Labute approximate surface area is 96.4 Å². The normalized spacial score (nSPS) is 23.2. The van der Waals surface area contributed by atoms with Gasteiger partial charge in [0.1, 0.15) is 0 Å². The minimum atomic E-state index is -4.89. The van der Waals surface area contributed by atoms with Gasteiger partial charge >= 0.3 is 12.1 Å². The quantitative estimate of drug-likeness (QED) is 0.764. The minimum Gasteiger partial charge on any atom is -0.459 e. The molecule has 0 unspecified atom stereocenters. The summed E-state index contributed by atoms with van der Waals surface area (Å²) in [6.45, 7) is -0.155. The Kier molecular flexibility index (Phi) is 3.09. The summed E-state index contributed by atoms with van der Waals surface area (Å²) in [5.74, 6) is -1.86. The van der Waals surface area contributed by atoms with Gasteiger partial charge in [-0.2, -0.15) is 13.2 Å². The maximum absolute atomic E-state index is 11.9. The number of hydrogen-bond donors (Lipinski definition) is 0. The average Bonchev–Trinajstić information content (AvgIpc) is 3.05. The van der Waals surface area contributed by atoms with Gasteiger partial charge in [-0.05, 0) is 17.9 Å². The first-order valence-electron chi connectivity index (χ1n) is 5.27. The number of hydrogen-bond acceptors (Lipinski definition) is 2. The van der Waals surface area contributed by atoms with Crippen LogP contribution in [0.15, 0.2) is 30.3 Å². The van der Waals surface area contributed by atoms with Crippen LogP contribution in [-0.4, -0.2) is 18.8 Å². The van der Waals surface area contributed by atoms with Crippen LogP contribution in [0.4, 0.5) is 13.2 Å². The SMILES string of the molecule is O=C(OC[C@H]1C[C@H]1c1ccccc1)C(F)(F)F. The predicted octanol–water partition coefficient (Wildman–Crippen LogP) is 2.90. The zero-order chi connectivity index (χ0) is 12.5. The molecule has 92 valence electrons. The topological polar surface area (TPSA) is 26.3 Å². The molecule has 0 N–H and O–H groups in total. The Balaban J connectivity index is 1.80. The van der Waals surface area contributed by atoms with E-state index in [1.807, 2.05) is 30.3 Å². The minimum absolute atomic E-state index is 0.0173. The van der Waals surface area contributed by atoms with Gasteiger partial charge in [-0.15, -0.1) is 0 Å². The molecule has 1 aliphatic rings. The molecular weight excluding hydrogens is 233 g/mol. The highest BCUT2D eigenvalue weighted by molar-refractivity contribution is 5.75. The summed E-state index contributed by atoms with van der Waals surface area (Å²) < 4.78 is 39.8. The molecule has 0 heterocycles. The number of alkyl halides is 3. The first-order valence-corrected chi connectivity index (χ1v) is 5.27. The summed E-state index contributed by atoms with van der Waals surface area (Å²) in [4.78, 5) is 10.5. The molecule has 0 saturated heterocycles. The molecule has 0 amide bonds. The van der Waals surface area contributed by atoms with Crippen molar-refractivity contribution in [2.45, 2.75) is 18.5 Å². The Bertz CT molecular complexity index is 400. The van der Waals surface area contributed by atoms with Crippen LogP contribution in [0.3, 0.4) is 0 Å². The molecule has 1 aromatic carbocycles. The van der Waals surface area contributed by atoms with Crippen LogP contribution in [0.25, 0.3) is 0 Å². The fourth-order valence-electron chi connectivity index (χ4n) is 1.80. The summed E-state index contributed by atoms with van der Waals surface area (Å²) in [6, 6.07) is 9.50. The Morgan fingerprint density at radius 1 is 1.29 bits per heavy atom. The Hall–Kier alpha value is -1.52. The van der Waals surface area contributed by atoms with E-state index in [-0.39, 0.29) is 18.4 Å². The highest BCUT2D eigenvalue weighted by Gasteiger charge is 2.44. The van der Waals surface area contributed by atoms with Crippen molar-refractivity contribution in [3.8, 4) is 0 Å². The smallest absolute Gasteiger partial charge is 0.459 e. The molecule has 5 heteroatoms. The highest BCUT2D eigenvalue weighted by atomic mass is 19.4. The molecule has 0 radical (unpaired) electrons. The number of halogens is 3. The van der Waals surface area contributed by atoms with Crippen molar-refractivity contribution in [1.29, 1.82) is 0 Å². The van der Waals surface area contributed by atoms with Crippen molar-refractivity contribution in [2.75, 3.05) is 6.61 Å². The standard InChI is InChI=1S/C12H11F3O2/c13-12(14,15)11(16)17-7-9-6-10(9)8-4-2-1-3-5-8/h1-5,9-10H,6-7H2/t9-,10+/m1/s1. The van der Waals surface area contributed by atoms with Crippen LogP contribution in [0.2, 0.25) is 0 Å². The van der Waals surface area contributed by atoms with Crippen LogP contribution in [0.5, 0.6) is 0 Å². The summed E-state index contributed by atoms with van der Waals surface area (Å²) in [5, 5.41) is 0. The lowest BCUT2D eigenvalue weighted by atomic mass is 10.1. The average molecular weight is 244 g/mol. The molecule has 17 heavy (non-hydrogen) atoms. The van der Waals surface area contributed by atoms with E-state index in [0.717, 1.165) is 12.0 Å². The van der Waals surface area contributed by atoms with Crippen LogP contribution in [0, 0.1) is 5.92 Å². The van der Waals surface area contributed by atoms with Crippen LogP contribution in [0.1, 0.15) is 17.9 Å². The highest BCUT2D eigenvalue weighted by Crippen LogP contribution is 2.47. The molecule has 1 saturated carbocycles. The van der Waals surface area contributed by atoms with E-state index in [0.29, 0.717) is 0 Å². The summed E-state index contributed by atoms with van der Waals surface area (Å²) in [6.07, 6.45) is -4.12. The molecule has 1 fully saturated rings. The van der Waals surface area contributed by atoms with Gasteiger partial charge in [0.15, 0.2) is 0 Å². The first-order chi connectivity index (χ1) is 7.98. The van der Waals surface area contributed by atoms with E-state index < -0.39 is 12.1 Å². The lowest BCUT2D eigenvalue weighted by molar-refractivity contribution is -0.200. The largest absolute Gasteiger partial charge is 0.490 e. The summed E-state index contributed by atoms with van der Waals surface area (Å²) >= 11 is 0. The first kappa shape index (κ1) is 12.0. The summed E-state index contributed by atoms with van der Waals surface area (Å²) in [7, 11) is 0. The second-order valence-electron chi connectivity index (χ2n) is 4.11. The molecule has 2 atom stereocenters.